The molecule has 1 aliphatic carbocycles. The van der Waals surface area contributed by atoms with Crippen LogP contribution in [0.2, 0.25) is 0 Å². The molecular formula is C15H20N2O3. The predicted octanol–water partition coefficient (Wildman–Crippen LogP) is 2.80. The van der Waals surface area contributed by atoms with E-state index in [-0.39, 0.29) is 12.6 Å². The van der Waals surface area contributed by atoms with Crippen LogP contribution in [0.1, 0.15) is 38.2 Å². The quantitative estimate of drug-likeness (QED) is 0.773. The highest BCUT2D eigenvalue weighted by Crippen LogP contribution is 2.45. The van der Waals surface area contributed by atoms with Gasteiger partial charge in [0.05, 0.1) is 5.41 Å². The first kappa shape index (κ1) is 14.4. The summed E-state index contributed by atoms with van der Waals surface area (Å²) in [5.74, 6) is -0.527. The first-order valence-corrected chi connectivity index (χ1v) is 6.82. The highest BCUT2D eigenvalue weighted by molar-refractivity contribution is 5.90. The summed E-state index contributed by atoms with van der Waals surface area (Å²) in [7, 11) is 0. The van der Waals surface area contributed by atoms with E-state index in [0.29, 0.717) is 18.8 Å². The molecule has 0 aliphatic heterocycles. The fourth-order valence-corrected chi connectivity index (χ4v) is 2.15. The van der Waals surface area contributed by atoms with Crippen molar-refractivity contribution in [1.29, 1.82) is 0 Å². The molecular weight excluding hydrogens is 256 g/mol. The molecule has 0 unspecified atom stereocenters. The normalized spacial score (nSPS) is 15.8. The maximum atomic E-state index is 11.9. The molecule has 1 fully saturated rings. The van der Waals surface area contributed by atoms with Crippen LogP contribution in [0.4, 0.5) is 10.5 Å². The molecule has 5 nitrogen and oxygen atoms in total. The summed E-state index contributed by atoms with van der Waals surface area (Å²) in [5, 5.41) is 14.5. The highest BCUT2D eigenvalue weighted by Gasteiger charge is 2.50. The van der Waals surface area contributed by atoms with Gasteiger partial charge in [0.15, 0.2) is 0 Å². The molecule has 0 saturated heterocycles. The third-order valence-corrected chi connectivity index (χ3v) is 3.73. The molecule has 1 saturated carbocycles. The fraction of sp³-hybridized carbons (Fsp3) is 0.467. The van der Waals surface area contributed by atoms with Gasteiger partial charge in [0, 0.05) is 12.2 Å². The number of hydrogen-bond donors (Lipinski definition) is 3. The Morgan fingerprint density at radius 3 is 2.50 bits per heavy atom. The lowest BCUT2D eigenvalue weighted by molar-refractivity contribution is -0.143. The lowest BCUT2D eigenvalue weighted by Gasteiger charge is -2.15. The number of carbonyl (C=O) groups is 2. The number of anilines is 1. The lowest BCUT2D eigenvalue weighted by atomic mass is 10.0. The van der Waals surface area contributed by atoms with Crippen LogP contribution in [0.5, 0.6) is 0 Å². The minimum absolute atomic E-state index is 0.179. The van der Waals surface area contributed by atoms with E-state index in [2.05, 4.69) is 24.5 Å². The second kappa shape index (κ2) is 5.53. The molecule has 2 amide bonds. The van der Waals surface area contributed by atoms with Gasteiger partial charge < -0.3 is 15.7 Å². The largest absolute Gasteiger partial charge is 0.481 e. The molecule has 0 bridgehead atoms. The van der Waals surface area contributed by atoms with E-state index in [0.717, 1.165) is 11.3 Å². The van der Waals surface area contributed by atoms with E-state index in [9.17, 15) is 9.59 Å². The standard InChI is InChI=1S/C15H20N2O3/c1-10(2)11-5-3-4-6-12(11)17-14(20)16-9-15(7-8-15)13(18)19/h3-6,10H,7-9H2,1-2H3,(H,18,19)(H2,16,17,20). The summed E-state index contributed by atoms with van der Waals surface area (Å²) in [6, 6.07) is 7.26. The number of amides is 2. The Bertz CT molecular complexity index is 522. The molecule has 1 aromatic rings. The molecule has 0 aromatic heterocycles. The van der Waals surface area contributed by atoms with Gasteiger partial charge >= 0.3 is 12.0 Å². The van der Waals surface area contributed by atoms with E-state index in [1.165, 1.54) is 0 Å². The van der Waals surface area contributed by atoms with Gasteiger partial charge in [0.2, 0.25) is 0 Å². The summed E-state index contributed by atoms with van der Waals surface area (Å²) in [6.45, 7) is 4.29. The Hall–Kier alpha value is -2.04. The van der Waals surface area contributed by atoms with Gasteiger partial charge in [-0.25, -0.2) is 4.79 Å². The van der Waals surface area contributed by atoms with Crippen molar-refractivity contribution < 1.29 is 14.7 Å². The number of nitrogens with one attached hydrogen (secondary N) is 2. The van der Waals surface area contributed by atoms with E-state index in [1.807, 2.05) is 24.3 Å². The average Bonchev–Trinajstić information content (AvgIpc) is 3.18. The minimum atomic E-state index is -0.833. The maximum Gasteiger partial charge on any atom is 0.319 e. The van der Waals surface area contributed by atoms with Gasteiger partial charge in [-0.05, 0) is 30.4 Å². The Kier molecular flexibility index (Phi) is 3.97. The molecule has 20 heavy (non-hydrogen) atoms. The first-order valence-electron chi connectivity index (χ1n) is 6.82. The zero-order valence-corrected chi connectivity index (χ0v) is 11.8. The zero-order valence-electron chi connectivity index (χ0n) is 11.8. The van der Waals surface area contributed by atoms with Crippen molar-refractivity contribution in [3.05, 3.63) is 29.8 Å². The number of carbonyl (C=O) groups excluding carboxylic acids is 1. The van der Waals surface area contributed by atoms with Gasteiger partial charge in [0.1, 0.15) is 0 Å². The molecule has 3 N–H and O–H groups in total. The fourth-order valence-electron chi connectivity index (χ4n) is 2.15. The molecule has 0 atom stereocenters. The van der Waals surface area contributed by atoms with Crippen molar-refractivity contribution >= 4 is 17.7 Å². The lowest BCUT2D eigenvalue weighted by Crippen LogP contribution is -2.37. The molecule has 2 rings (SSSR count). The third kappa shape index (κ3) is 3.10. The molecule has 0 radical (unpaired) electrons. The summed E-state index contributed by atoms with van der Waals surface area (Å²) in [5.41, 5.74) is 1.08. The molecule has 5 heteroatoms. The maximum absolute atomic E-state index is 11.9. The number of carboxylic acids is 1. The van der Waals surface area contributed by atoms with Crippen molar-refractivity contribution in [1.82, 2.24) is 5.32 Å². The van der Waals surface area contributed by atoms with Crippen LogP contribution < -0.4 is 10.6 Å². The van der Waals surface area contributed by atoms with Gasteiger partial charge in [0.25, 0.3) is 0 Å². The SMILES string of the molecule is CC(C)c1ccccc1NC(=O)NCC1(C(=O)O)CC1. The summed E-state index contributed by atoms with van der Waals surface area (Å²) in [6.07, 6.45) is 1.26. The number of urea groups is 1. The summed E-state index contributed by atoms with van der Waals surface area (Å²) >= 11 is 0. The number of benzene rings is 1. The minimum Gasteiger partial charge on any atom is -0.481 e. The van der Waals surface area contributed by atoms with E-state index >= 15 is 0 Å². The number of para-hydroxylation sites is 1. The van der Waals surface area contributed by atoms with Crippen LogP contribution >= 0.6 is 0 Å². The Morgan fingerprint density at radius 2 is 1.95 bits per heavy atom. The van der Waals surface area contributed by atoms with Crippen molar-refractivity contribution in [3.63, 3.8) is 0 Å². The zero-order chi connectivity index (χ0) is 14.8. The average molecular weight is 276 g/mol. The van der Waals surface area contributed by atoms with Crippen molar-refractivity contribution in [2.45, 2.75) is 32.6 Å². The second-order valence-corrected chi connectivity index (χ2v) is 5.64. The summed E-state index contributed by atoms with van der Waals surface area (Å²) < 4.78 is 0. The van der Waals surface area contributed by atoms with E-state index in [1.54, 1.807) is 0 Å². The van der Waals surface area contributed by atoms with Crippen LogP contribution in [0.25, 0.3) is 0 Å². The number of hydrogen-bond acceptors (Lipinski definition) is 2. The number of aliphatic carboxylic acids is 1. The second-order valence-electron chi connectivity index (χ2n) is 5.64. The first-order chi connectivity index (χ1) is 9.44. The van der Waals surface area contributed by atoms with Gasteiger partial charge in [-0.15, -0.1) is 0 Å². The van der Waals surface area contributed by atoms with Crippen LogP contribution in [-0.2, 0) is 4.79 Å². The molecule has 1 aliphatic rings. The Morgan fingerprint density at radius 1 is 1.30 bits per heavy atom. The monoisotopic (exact) mass is 276 g/mol. The van der Waals surface area contributed by atoms with Crippen LogP contribution in [0.3, 0.4) is 0 Å². The summed E-state index contributed by atoms with van der Waals surface area (Å²) in [4.78, 5) is 22.9. The number of rotatable bonds is 5. The van der Waals surface area contributed by atoms with Crippen molar-refractivity contribution in [3.8, 4) is 0 Å². The van der Waals surface area contributed by atoms with Crippen LogP contribution in [-0.4, -0.2) is 23.7 Å². The van der Waals surface area contributed by atoms with Gasteiger partial charge in [-0.1, -0.05) is 32.0 Å². The Labute approximate surface area is 118 Å². The van der Waals surface area contributed by atoms with Crippen LogP contribution in [0.15, 0.2) is 24.3 Å². The van der Waals surface area contributed by atoms with E-state index < -0.39 is 11.4 Å². The van der Waals surface area contributed by atoms with E-state index in [4.69, 9.17) is 5.11 Å². The molecule has 108 valence electrons. The highest BCUT2D eigenvalue weighted by atomic mass is 16.4. The number of carboxylic acid groups (broad SMARTS) is 1. The molecule has 1 aromatic carbocycles. The molecule has 0 heterocycles. The third-order valence-electron chi connectivity index (χ3n) is 3.73. The van der Waals surface area contributed by atoms with Gasteiger partial charge in [-0.3, -0.25) is 4.79 Å². The van der Waals surface area contributed by atoms with Crippen molar-refractivity contribution in [2.75, 3.05) is 11.9 Å². The van der Waals surface area contributed by atoms with Crippen molar-refractivity contribution in [2.24, 2.45) is 5.41 Å². The smallest absolute Gasteiger partial charge is 0.319 e. The van der Waals surface area contributed by atoms with Gasteiger partial charge in [-0.2, -0.15) is 0 Å². The Balaban J connectivity index is 1.94. The van der Waals surface area contributed by atoms with Crippen LogP contribution in [0, 0.1) is 5.41 Å². The molecule has 0 spiro atoms. The topological polar surface area (TPSA) is 78.4 Å². The predicted molar refractivity (Wildman–Crippen MR) is 76.9 cm³/mol.